The minimum absolute atomic E-state index is 0.114. The third-order valence-electron chi connectivity index (χ3n) is 4.92. The summed E-state index contributed by atoms with van der Waals surface area (Å²) in [5.41, 5.74) is 7.21. The quantitative estimate of drug-likeness (QED) is 0.472. The summed E-state index contributed by atoms with van der Waals surface area (Å²) in [7, 11) is 1.63. The van der Waals surface area contributed by atoms with E-state index in [-0.39, 0.29) is 6.04 Å². The van der Waals surface area contributed by atoms with Crippen LogP contribution in [0.15, 0.2) is 48.9 Å². The molecule has 9 heteroatoms. The average molecular weight is 459 g/mol. The molecule has 8 nitrogen and oxygen atoms in total. The number of carbonyl (C=O) groups excluding carboxylic acids is 1. The standard InChI is InChI=1S/C23H27ClN4O4/c1-15(28-13-17(11-27-28)10-23(2,3)32-22(25)29)18-9-20(21(24)26-12-18)31-14-16-5-7-19(30-4)8-6-16/h5-9,11-13,15H,10,14H2,1-4H3,(H2,25,29). The molecule has 2 N–H and O–H groups in total. The molecule has 0 radical (unpaired) electrons. The molecule has 0 bridgehead atoms. The fourth-order valence-electron chi connectivity index (χ4n) is 3.29. The van der Waals surface area contributed by atoms with Gasteiger partial charge >= 0.3 is 6.09 Å². The number of hydrogen-bond donors (Lipinski definition) is 1. The zero-order valence-electron chi connectivity index (χ0n) is 18.5. The minimum Gasteiger partial charge on any atom is -0.497 e. The Kier molecular flexibility index (Phi) is 7.25. The van der Waals surface area contributed by atoms with Gasteiger partial charge in [-0.1, -0.05) is 23.7 Å². The molecule has 0 aliphatic rings. The molecule has 3 aromatic rings. The van der Waals surface area contributed by atoms with Crippen LogP contribution in [-0.4, -0.2) is 33.6 Å². The number of benzene rings is 1. The second kappa shape index (κ2) is 9.91. The van der Waals surface area contributed by atoms with Gasteiger partial charge in [-0.3, -0.25) is 4.68 Å². The molecule has 0 aliphatic heterocycles. The van der Waals surface area contributed by atoms with E-state index >= 15 is 0 Å². The highest BCUT2D eigenvalue weighted by molar-refractivity contribution is 6.30. The van der Waals surface area contributed by atoms with E-state index in [1.54, 1.807) is 33.4 Å². The lowest BCUT2D eigenvalue weighted by molar-refractivity contribution is 0.0460. The molecule has 32 heavy (non-hydrogen) atoms. The van der Waals surface area contributed by atoms with Gasteiger partial charge in [0.05, 0.1) is 19.3 Å². The van der Waals surface area contributed by atoms with Gasteiger partial charge in [-0.15, -0.1) is 0 Å². The summed E-state index contributed by atoms with van der Waals surface area (Å²) < 4.78 is 18.0. The largest absolute Gasteiger partial charge is 0.497 e. The highest BCUT2D eigenvalue weighted by Gasteiger charge is 2.23. The van der Waals surface area contributed by atoms with Crippen LogP contribution in [0.25, 0.3) is 0 Å². The van der Waals surface area contributed by atoms with Crippen LogP contribution in [0.2, 0.25) is 5.15 Å². The predicted octanol–water partition coefficient (Wildman–Crippen LogP) is 4.54. The van der Waals surface area contributed by atoms with Crippen molar-refractivity contribution in [2.45, 2.75) is 45.4 Å². The Morgan fingerprint density at radius 2 is 1.94 bits per heavy atom. The molecule has 1 atom stereocenters. The molecule has 0 spiro atoms. The second-order valence-corrected chi connectivity index (χ2v) is 8.41. The molecule has 1 amide bonds. The summed E-state index contributed by atoms with van der Waals surface area (Å²) in [5, 5.41) is 4.74. The number of aromatic nitrogens is 3. The van der Waals surface area contributed by atoms with Gasteiger partial charge in [0.1, 0.15) is 18.0 Å². The summed E-state index contributed by atoms with van der Waals surface area (Å²) in [6.07, 6.45) is 5.04. The molecule has 1 aromatic carbocycles. The first kappa shape index (κ1) is 23.4. The first-order chi connectivity index (χ1) is 15.2. The first-order valence-electron chi connectivity index (χ1n) is 10.1. The molecule has 2 aromatic heterocycles. The molecule has 0 saturated heterocycles. The third-order valence-corrected chi connectivity index (χ3v) is 5.21. The van der Waals surface area contributed by atoms with E-state index < -0.39 is 11.7 Å². The van der Waals surface area contributed by atoms with Crippen LogP contribution in [-0.2, 0) is 17.8 Å². The van der Waals surface area contributed by atoms with Gasteiger partial charge in [0.15, 0.2) is 10.9 Å². The SMILES string of the molecule is COc1ccc(COc2cc(C(C)n3cc(CC(C)(C)OC(N)=O)cn3)cnc2Cl)cc1. The number of ether oxygens (including phenoxy) is 3. The number of methoxy groups -OCH3 is 1. The lowest BCUT2D eigenvalue weighted by Crippen LogP contribution is -2.33. The fraction of sp³-hybridized carbons (Fsp3) is 0.348. The Labute approximate surface area is 192 Å². The Balaban J connectivity index is 1.70. The highest BCUT2D eigenvalue weighted by Crippen LogP contribution is 2.28. The van der Waals surface area contributed by atoms with E-state index in [1.807, 2.05) is 48.1 Å². The molecule has 3 rings (SSSR count). The maximum absolute atomic E-state index is 11.1. The van der Waals surface area contributed by atoms with E-state index in [0.29, 0.717) is 23.9 Å². The fourth-order valence-corrected chi connectivity index (χ4v) is 3.45. The van der Waals surface area contributed by atoms with Crippen molar-refractivity contribution < 1.29 is 19.0 Å². The van der Waals surface area contributed by atoms with Crippen LogP contribution >= 0.6 is 11.6 Å². The molecule has 1 unspecified atom stereocenters. The van der Waals surface area contributed by atoms with Gasteiger partial charge in [0.25, 0.3) is 0 Å². The van der Waals surface area contributed by atoms with Crippen LogP contribution in [0.4, 0.5) is 4.79 Å². The van der Waals surface area contributed by atoms with Crippen molar-refractivity contribution in [1.29, 1.82) is 0 Å². The second-order valence-electron chi connectivity index (χ2n) is 8.06. The molecular weight excluding hydrogens is 432 g/mol. The summed E-state index contributed by atoms with van der Waals surface area (Å²) >= 11 is 6.25. The number of carbonyl (C=O) groups is 1. The van der Waals surface area contributed by atoms with E-state index in [1.165, 1.54) is 0 Å². The zero-order chi connectivity index (χ0) is 23.3. The summed E-state index contributed by atoms with van der Waals surface area (Å²) in [4.78, 5) is 15.4. The summed E-state index contributed by atoms with van der Waals surface area (Å²) in [5.74, 6) is 1.28. The number of pyridine rings is 1. The van der Waals surface area contributed by atoms with Gasteiger partial charge in [-0.05, 0) is 55.7 Å². The number of rotatable bonds is 9. The Bertz CT molecular complexity index is 1070. The van der Waals surface area contributed by atoms with Crippen molar-refractivity contribution in [2.24, 2.45) is 5.73 Å². The highest BCUT2D eigenvalue weighted by atomic mass is 35.5. The van der Waals surface area contributed by atoms with E-state index in [4.69, 9.17) is 31.5 Å². The van der Waals surface area contributed by atoms with Gasteiger partial charge in [-0.25, -0.2) is 9.78 Å². The van der Waals surface area contributed by atoms with Crippen molar-refractivity contribution in [3.8, 4) is 11.5 Å². The number of primary amides is 1. The van der Waals surface area contributed by atoms with Crippen LogP contribution in [0.5, 0.6) is 11.5 Å². The van der Waals surface area contributed by atoms with Crippen LogP contribution in [0.3, 0.4) is 0 Å². The van der Waals surface area contributed by atoms with E-state index in [0.717, 1.165) is 22.4 Å². The smallest absolute Gasteiger partial charge is 0.405 e. The number of amides is 1. The molecule has 170 valence electrons. The van der Waals surface area contributed by atoms with E-state index in [9.17, 15) is 4.79 Å². The van der Waals surface area contributed by atoms with E-state index in [2.05, 4.69) is 10.1 Å². The normalized spacial score (nSPS) is 12.3. The molecule has 0 fully saturated rings. The Hall–Kier alpha value is -3.26. The molecule has 0 aliphatic carbocycles. The van der Waals surface area contributed by atoms with Gasteiger partial charge in [0, 0.05) is 18.8 Å². The minimum atomic E-state index is -0.801. The lowest BCUT2D eigenvalue weighted by Gasteiger charge is -2.23. The number of halogens is 1. The molecular formula is C23H27ClN4O4. The first-order valence-corrected chi connectivity index (χ1v) is 10.5. The number of nitrogens with two attached hydrogens (primary N) is 1. The third kappa shape index (κ3) is 6.13. The number of hydrogen-bond acceptors (Lipinski definition) is 6. The lowest BCUT2D eigenvalue weighted by atomic mass is 10.0. The maximum atomic E-state index is 11.1. The summed E-state index contributed by atoms with van der Waals surface area (Å²) in [6.45, 7) is 5.95. The average Bonchev–Trinajstić information content (AvgIpc) is 3.19. The maximum Gasteiger partial charge on any atom is 0.405 e. The van der Waals surface area contributed by atoms with Crippen molar-refractivity contribution in [1.82, 2.24) is 14.8 Å². The predicted molar refractivity (Wildman–Crippen MR) is 121 cm³/mol. The van der Waals surface area contributed by atoms with Crippen molar-refractivity contribution in [2.75, 3.05) is 7.11 Å². The van der Waals surface area contributed by atoms with Crippen molar-refractivity contribution in [3.63, 3.8) is 0 Å². The van der Waals surface area contributed by atoms with Crippen molar-refractivity contribution >= 4 is 17.7 Å². The topological polar surface area (TPSA) is 101 Å². The molecule has 0 saturated carbocycles. The van der Waals surface area contributed by atoms with Gasteiger partial charge in [0.2, 0.25) is 0 Å². The number of nitrogens with zero attached hydrogens (tertiary/aromatic N) is 3. The summed E-state index contributed by atoms with van der Waals surface area (Å²) in [6, 6.07) is 9.37. The van der Waals surface area contributed by atoms with Gasteiger partial charge < -0.3 is 19.9 Å². The Morgan fingerprint density at radius 3 is 2.59 bits per heavy atom. The van der Waals surface area contributed by atoms with Crippen LogP contribution in [0.1, 0.15) is 43.5 Å². The molecule has 2 heterocycles. The van der Waals surface area contributed by atoms with Crippen LogP contribution < -0.4 is 15.2 Å². The monoisotopic (exact) mass is 458 g/mol. The zero-order valence-corrected chi connectivity index (χ0v) is 19.3. The van der Waals surface area contributed by atoms with Gasteiger partial charge in [-0.2, -0.15) is 5.10 Å². The van der Waals surface area contributed by atoms with Crippen LogP contribution in [0, 0.1) is 0 Å². The Morgan fingerprint density at radius 1 is 1.22 bits per heavy atom. The van der Waals surface area contributed by atoms with Crippen molar-refractivity contribution in [3.05, 3.63) is 70.8 Å².